The summed E-state index contributed by atoms with van der Waals surface area (Å²) in [5.74, 6) is 0. The molecule has 0 radical (unpaired) electrons. The maximum absolute atomic E-state index is 12.9. The third-order valence-corrected chi connectivity index (χ3v) is 6.81. The summed E-state index contributed by atoms with van der Waals surface area (Å²) in [5.41, 5.74) is 0. The van der Waals surface area contributed by atoms with E-state index in [4.69, 9.17) is 23.2 Å². The highest BCUT2D eigenvalue weighted by Crippen LogP contribution is 2.39. The van der Waals surface area contributed by atoms with Crippen LogP contribution in [0.3, 0.4) is 0 Å². The number of rotatable bonds is 3. The number of hydrogen-bond donors (Lipinski definition) is 0. The molecular weight excluding hydrogens is 349 g/mol. The molecule has 0 bridgehead atoms. The van der Waals surface area contributed by atoms with Gasteiger partial charge in [0.1, 0.15) is 0 Å². The molecule has 0 spiro atoms. The molecule has 0 N–H and O–H groups in total. The van der Waals surface area contributed by atoms with Crippen molar-refractivity contribution in [2.24, 2.45) is 0 Å². The van der Waals surface area contributed by atoms with Crippen LogP contribution in [-0.2, 0) is 10.0 Å². The molecule has 1 unspecified atom stereocenters. The van der Waals surface area contributed by atoms with Crippen LogP contribution in [-0.4, -0.2) is 19.3 Å². The average Bonchev–Trinajstić information content (AvgIpc) is 3.08. The van der Waals surface area contributed by atoms with E-state index < -0.39 is 10.0 Å². The molecule has 3 rings (SSSR count). The van der Waals surface area contributed by atoms with Crippen LogP contribution in [0.4, 0.5) is 0 Å². The van der Waals surface area contributed by atoms with Crippen molar-refractivity contribution in [1.82, 2.24) is 4.31 Å². The molecule has 1 aliphatic heterocycles. The van der Waals surface area contributed by atoms with Crippen molar-refractivity contribution in [3.05, 3.63) is 50.6 Å². The first-order valence-electron chi connectivity index (χ1n) is 6.50. The van der Waals surface area contributed by atoms with Gasteiger partial charge >= 0.3 is 0 Å². The summed E-state index contributed by atoms with van der Waals surface area (Å²) in [4.78, 5) is 1.23. The zero-order valence-electron chi connectivity index (χ0n) is 11.0. The number of halogens is 2. The van der Waals surface area contributed by atoms with E-state index in [0.717, 1.165) is 17.7 Å². The lowest BCUT2D eigenvalue weighted by atomic mass is 10.2. The molecule has 1 saturated heterocycles. The van der Waals surface area contributed by atoms with Gasteiger partial charge in [-0.15, -0.1) is 11.3 Å². The van der Waals surface area contributed by atoms with Crippen LogP contribution in [0.1, 0.15) is 23.8 Å². The van der Waals surface area contributed by atoms with E-state index in [-0.39, 0.29) is 10.9 Å². The molecular formula is C14H13Cl2NO2S2. The second-order valence-corrected chi connectivity index (χ2v) is 8.64. The standard InChI is InChI=1S/C14H13Cl2NO2S2/c15-10-7-11(16)9-12(8-10)21(18,19)17-5-1-3-13(17)14-4-2-6-20-14/h2,4,6-9,13H,1,3,5H2. The topological polar surface area (TPSA) is 37.4 Å². The molecule has 7 heteroatoms. The molecule has 1 atom stereocenters. The summed E-state index contributed by atoms with van der Waals surface area (Å²) < 4.78 is 27.3. The first-order valence-corrected chi connectivity index (χ1v) is 9.57. The molecule has 2 aromatic rings. The minimum Gasteiger partial charge on any atom is -0.207 e. The van der Waals surface area contributed by atoms with E-state index >= 15 is 0 Å². The van der Waals surface area contributed by atoms with Crippen LogP contribution in [0.15, 0.2) is 40.6 Å². The van der Waals surface area contributed by atoms with E-state index in [1.54, 1.807) is 15.6 Å². The molecule has 112 valence electrons. The van der Waals surface area contributed by atoms with Crippen molar-refractivity contribution >= 4 is 44.6 Å². The second-order valence-electron chi connectivity index (χ2n) is 4.89. The van der Waals surface area contributed by atoms with Gasteiger partial charge < -0.3 is 0 Å². The highest BCUT2D eigenvalue weighted by molar-refractivity contribution is 7.89. The molecule has 21 heavy (non-hydrogen) atoms. The van der Waals surface area contributed by atoms with Crippen molar-refractivity contribution < 1.29 is 8.42 Å². The predicted molar refractivity (Wildman–Crippen MR) is 86.6 cm³/mol. The van der Waals surface area contributed by atoms with Gasteiger partial charge in [-0.1, -0.05) is 29.3 Å². The van der Waals surface area contributed by atoms with E-state index in [9.17, 15) is 8.42 Å². The fraction of sp³-hybridized carbons (Fsp3) is 0.286. The quantitative estimate of drug-likeness (QED) is 0.801. The summed E-state index contributed by atoms with van der Waals surface area (Å²) in [6.07, 6.45) is 1.70. The molecule has 1 aliphatic rings. The monoisotopic (exact) mass is 361 g/mol. The maximum Gasteiger partial charge on any atom is 0.243 e. The third kappa shape index (κ3) is 2.98. The summed E-state index contributed by atoms with van der Waals surface area (Å²) in [5, 5.41) is 2.62. The molecule has 0 aliphatic carbocycles. The lowest BCUT2D eigenvalue weighted by Crippen LogP contribution is -2.30. The second kappa shape index (κ2) is 5.89. The van der Waals surface area contributed by atoms with Gasteiger partial charge in [-0.05, 0) is 42.5 Å². The zero-order valence-corrected chi connectivity index (χ0v) is 14.1. The minimum absolute atomic E-state index is 0.0900. The van der Waals surface area contributed by atoms with Crippen LogP contribution in [0.25, 0.3) is 0 Å². The normalized spacial score (nSPS) is 20.0. The molecule has 0 saturated carbocycles. The van der Waals surface area contributed by atoms with Gasteiger partial charge in [0.05, 0.1) is 10.9 Å². The van der Waals surface area contributed by atoms with Crippen molar-refractivity contribution in [2.45, 2.75) is 23.8 Å². The molecule has 0 amide bonds. The van der Waals surface area contributed by atoms with Crippen LogP contribution in [0.2, 0.25) is 10.0 Å². The van der Waals surface area contributed by atoms with Crippen molar-refractivity contribution in [2.75, 3.05) is 6.54 Å². The van der Waals surface area contributed by atoms with Gasteiger partial charge in [-0.3, -0.25) is 0 Å². The molecule has 2 heterocycles. The van der Waals surface area contributed by atoms with Crippen LogP contribution < -0.4 is 0 Å². The van der Waals surface area contributed by atoms with Gasteiger partial charge in [-0.25, -0.2) is 8.42 Å². The number of nitrogens with zero attached hydrogens (tertiary/aromatic N) is 1. The third-order valence-electron chi connectivity index (χ3n) is 3.52. The highest BCUT2D eigenvalue weighted by atomic mass is 35.5. The van der Waals surface area contributed by atoms with Crippen molar-refractivity contribution in [3.63, 3.8) is 0 Å². The number of thiophene rings is 1. The summed E-state index contributed by atoms with van der Waals surface area (Å²) in [7, 11) is -3.59. The first-order chi connectivity index (χ1) is 9.98. The Morgan fingerprint density at radius 3 is 2.52 bits per heavy atom. The van der Waals surface area contributed by atoms with Crippen LogP contribution >= 0.6 is 34.5 Å². The Bertz CT molecular complexity index is 724. The first kappa shape index (κ1) is 15.3. The smallest absolute Gasteiger partial charge is 0.207 e. The van der Waals surface area contributed by atoms with Crippen molar-refractivity contribution in [3.8, 4) is 0 Å². The molecule has 1 aromatic heterocycles. The molecule has 1 fully saturated rings. The summed E-state index contributed by atoms with van der Waals surface area (Å²) in [6.45, 7) is 0.523. The maximum atomic E-state index is 12.9. The lowest BCUT2D eigenvalue weighted by Gasteiger charge is -2.23. The Labute approximate surface area is 138 Å². The Morgan fingerprint density at radius 2 is 1.90 bits per heavy atom. The largest absolute Gasteiger partial charge is 0.243 e. The van der Waals surface area contributed by atoms with E-state index in [1.807, 2.05) is 17.5 Å². The summed E-state index contributed by atoms with van der Waals surface area (Å²) in [6, 6.07) is 8.27. The molecule has 1 aromatic carbocycles. The van der Waals surface area contributed by atoms with Gasteiger partial charge in [0.2, 0.25) is 10.0 Å². The fourth-order valence-electron chi connectivity index (χ4n) is 2.61. The number of benzene rings is 1. The van der Waals surface area contributed by atoms with Crippen molar-refractivity contribution in [1.29, 1.82) is 0 Å². The van der Waals surface area contributed by atoms with E-state index in [2.05, 4.69) is 0 Å². The fourth-order valence-corrected chi connectivity index (χ4v) is 5.95. The Balaban J connectivity index is 2.01. The van der Waals surface area contributed by atoms with Gasteiger partial charge in [-0.2, -0.15) is 4.31 Å². The number of hydrogen-bond acceptors (Lipinski definition) is 3. The van der Waals surface area contributed by atoms with Crippen LogP contribution in [0, 0.1) is 0 Å². The average molecular weight is 362 g/mol. The SMILES string of the molecule is O=S(=O)(c1cc(Cl)cc(Cl)c1)N1CCCC1c1cccs1. The van der Waals surface area contributed by atoms with Gasteiger partial charge in [0.25, 0.3) is 0 Å². The Hall–Kier alpha value is -0.590. The van der Waals surface area contributed by atoms with E-state index in [0.29, 0.717) is 16.6 Å². The Kier molecular flexibility index (Phi) is 4.30. The predicted octanol–water partition coefficient (Wildman–Crippen LogP) is 4.58. The zero-order chi connectivity index (χ0) is 15.0. The number of sulfonamides is 1. The summed E-state index contributed by atoms with van der Waals surface area (Å²) >= 11 is 13.5. The lowest BCUT2D eigenvalue weighted by molar-refractivity contribution is 0.401. The minimum atomic E-state index is -3.59. The van der Waals surface area contributed by atoms with Crippen LogP contribution in [0.5, 0.6) is 0 Å². The van der Waals surface area contributed by atoms with E-state index in [1.165, 1.54) is 18.2 Å². The highest BCUT2D eigenvalue weighted by Gasteiger charge is 2.36. The van der Waals surface area contributed by atoms with Gasteiger partial charge in [0.15, 0.2) is 0 Å². The molecule has 3 nitrogen and oxygen atoms in total. The van der Waals surface area contributed by atoms with Gasteiger partial charge in [0, 0.05) is 21.5 Å². The Morgan fingerprint density at radius 1 is 1.19 bits per heavy atom.